The summed E-state index contributed by atoms with van der Waals surface area (Å²) in [6, 6.07) is 9.72. The monoisotopic (exact) mass is 396 g/mol. The Balaban J connectivity index is 1.85. The molecule has 3 aromatic rings. The summed E-state index contributed by atoms with van der Waals surface area (Å²) in [4.78, 5) is 11.6. The first-order valence-electron chi connectivity index (χ1n) is 10.1. The zero-order chi connectivity index (χ0) is 20.1. The number of fused-ring (bicyclic) bond motifs is 5. The minimum atomic E-state index is -0.987. The van der Waals surface area contributed by atoms with E-state index in [4.69, 9.17) is 0 Å². The number of nitrogens with one attached hydrogen (secondary N) is 1. The molecule has 0 radical (unpaired) electrons. The van der Waals surface area contributed by atoms with Crippen LogP contribution < -0.4 is 5.32 Å². The molecule has 2 aromatic carbocycles. The van der Waals surface area contributed by atoms with E-state index in [1.165, 1.54) is 12.1 Å². The number of aromatic carboxylic acids is 1. The van der Waals surface area contributed by atoms with Gasteiger partial charge < -0.3 is 15.0 Å². The number of carboxylic acid groups (broad SMARTS) is 1. The largest absolute Gasteiger partial charge is 0.478 e. The second-order valence-electron chi connectivity index (χ2n) is 7.97. The molecule has 4 nitrogen and oxygen atoms in total. The lowest BCUT2D eigenvalue weighted by atomic mass is 9.80. The molecule has 6 heteroatoms. The van der Waals surface area contributed by atoms with E-state index in [1.54, 1.807) is 18.2 Å². The van der Waals surface area contributed by atoms with Gasteiger partial charge in [0.25, 0.3) is 0 Å². The van der Waals surface area contributed by atoms with Gasteiger partial charge in [-0.3, -0.25) is 0 Å². The lowest BCUT2D eigenvalue weighted by molar-refractivity contribution is 0.0697. The summed E-state index contributed by atoms with van der Waals surface area (Å²) in [7, 11) is 0. The number of carboxylic acids is 1. The summed E-state index contributed by atoms with van der Waals surface area (Å²) in [6.07, 6.45) is 2.23. The highest BCUT2D eigenvalue weighted by molar-refractivity contribution is 5.99. The van der Waals surface area contributed by atoms with Gasteiger partial charge in [-0.1, -0.05) is 18.9 Å². The van der Waals surface area contributed by atoms with E-state index in [0.29, 0.717) is 25.2 Å². The Labute approximate surface area is 167 Å². The Morgan fingerprint density at radius 1 is 1.14 bits per heavy atom. The normalized spacial score (nSPS) is 21.2. The molecule has 0 spiro atoms. The third-order valence-electron chi connectivity index (χ3n) is 6.29. The van der Waals surface area contributed by atoms with Crippen molar-refractivity contribution in [2.24, 2.45) is 0 Å². The fourth-order valence-corrected chi connectivity index (χ4v) is 4.99. The molecule has 0 unspecified atom stereocenters. The molecule has 2 N–H and O–H groups in total. The van der Waals surface area contributed by atoms with Crippen molar-refractivity contribution in [3.05, 3.63) is 53.3 Å². The predicted octanol–water partition coefficient (Wildman–Crippen LogP) is 5.57. The molecular formula is C23H22F2N2O2. The highest BCUT2D eigenvalue weighted by Crippen LogP contribution is 2.47. The molecule has 1 fully saturated rings. The smallest absolute Gasteiger partial charge is 0.335 e. The van der Waals surface area contributed by atoms with Crippen LogP contribution in [-0.2, 0) is 6.54 Å². The van der Waals surface area contributed by atoms with E-state index < -0.39 is 12.1 Å². The number of hydrogen-bond donors (Lipinski definition) is 2. The van der Waals surface area contributed by atoms with Crippen LogP contribution >= 0.6 is 0 Å². The van der Waals surface area contributed by atoms with E-state index in [0.717, 1.165) is 47.0 Å². The van der Waals surface area contributed by atoms with Gasteiger partial charge in [0.15, 0.2) is 0 Å². The zero-order valence-electron chi connectivity index (χ0n) is 15.9. The Bertz CT molecular complexity index is 1120. The van der Waals surface area contributed by atoms with Crippen molar-refractivity contribution in [1.82, 2.24) is 4.57 Å². The van der Waals surface area contributed by atoms with E-state index in [-0.39, 0.29) is 17.3 Å². The van der Waals surface area contributed by atoms with Gasteiger partial charge in [-0.05, 0) is 48.7 Å². The molecule has 0 bridgehead atoms. The Hall–Kier alpha value is -2.89. The number of rotatable bonds is 2. The number of aromatic nitrogens is 1. The zero-order valence-corrected chi connectivity index (χ0v) is 15.9. The highest BCUT2D eigenvalue weighted by atomic mass is 19.1. The summed E-state index contributed by atoms with van der Waals surface area (Å²) < 4.78 is 31.1. The number of anilines is 1. The van der Waals surface area contributed by atoms with Crippen LogP contribution in [0.5, 0.6) is 0 Å². The van der Waals surface area contributed by atoms with Crippen LogP contribution in [0.2, 0.25) is 0 Å². The molecule has 2 atom stereocenters. The van der Waals surface area contributed by atoms with E-state index >= 15 is 4.39 Å². The van der Waals surface area contributed by atoms with Gasteiger partial charge >= 0.3 is 5.97 Å². The van der Waals surface area contributed by atoms with Crippen LogP contribution in [0.4, 0.5) is 14.5 Å². The van der Waals surface area contributed by atoms with Crippen molar-refractivity contribution in [1.29, 1.82) is 0 Å². The van der Waals surface area contributed by atoms with Crippen LogP contribution in [0.3, 0.4) is 0 Å². The number of carbonyl (C=O) groups is 1. The van der Waals surface area contributed by atoms with Gasteiger partial charge in [-0.15, -0.1) is 0 Å². The topological polar surface area (TPSA) is 54.3 Å². The molecule has 1 saturated carbocycles. The number of nitrogens with zero attached hydrogens (tertiary/aromatic N) is 1. The summed E-state index contributed by atoms with van der Waals surface area (Å²) in [5, 5.41) is 13.6. The molecule has 2 aliphatic rings. The average molecular weight is 396 g/mol. The molecule has 1 aliphatic heterocycles. The number of benzene rings is 2. The maximum absolute atomic E-state index is 15.1. The molecule has 0 amide bonds. The van der Waals surface area contributed by atoms with Crippen molar-refractivity contribution in [2.45, 2.75) is 44.3 Å². The van der Waals surface area contributed by atoms with Crippen LogP contribution in [0.25, 0.3) is 22.2 Å². The minimum absolute atomic E-state index is 0.210. The molecular weight excluding hydrogens is 374 g/mol. The third-order valence-corrected chi connectivity index (χ3v) is 6.29. The molecule has 2 heterocycles. The third kappa shape index (κ3) is 2.89. The quantitative estimate of drug-likeness (QED) is 0.596. The van der Waals surface area contributed by atoms with Crippen molar-refractivity contribution in [2.75, 3.05) is 11.9 Å². The number of halogens is 2. The molecule has 150 valence electrons. The van der Waals surface area contributed by atoms with Gasteiger partial charge in [-0.2, -0.15) is 0 Å². The fraction of sp³-hybridized carbons (Fsp3) is 0.348. The standard InChI is InChI=1S/C23H22F2N2O2/c24-14-6-8-16-19(12-14)26-9-10-27-20-11-13(23(28)29)5-7-17(20)21(22(16)27)15-3-1-2-4-18(15)25/h5-8,11-12,15,18,26H,1-4,9-10H2,(H,28,29)/t15-,18-/m0/s1. The minimum Gasteiger partial charge on any atom is -0.478 e. The lowest BCUT2D eigenvalue weighted by Gasteiger charge is -2.27. The first kappa shape index (κ1) is 18.2. The molecule has 29 heavy (non-hydrogen) atoms. The van der Waals surface area contributed by atoms with Crippen molar-refractivity contribution < 1.29 is 18.7 Å². The Kier molecular flexibility index (Phi) is 4.30. The maximum Gasteiger partial charge on any atom is 0.335 e. The molecule has 1 aliphatic carbocycles. The van der Waals surface area contributed by atoms with Crippen LogP contribution in [0, 0.1) is 5.82 Å². The second-order valence-corrected chi connectivity index (χ2v) is 7.97. The highest BCUT2D eigenvalue weighted by Gasteiger charge is 2.34. The van der Waals surface area contributed by atoms with Gasteiger partial charge in [0.05, 0.1) is 11.3 Å². The van der Waals surface area contributed by atoms with Crippen molar-refractivity contribution >= 4 is 22.6 Å². The predicted molar refractivity (Wildman–Crippen MR) is 109 cm³/mol. The van der Waals surface area contributed by atoms with E-state index in [1.807, 2.05) is 6.07 Å². The molecule has 1 aromatic heterocycles. The maximum atomic E-state index is 15.1. The number of hydrogen-bond acceptors (Lipinski definition) is 2. The van der Waals surface area contributed by atoms with Crippen molar-refractivity contribution in [3.8, 4) is 11.3 Å². The van der Waals surface area contributed by atoms with Crippen molar-refractivity contribution in [3.63, 3.8) is 0 Å². The summed E-state index contributed by atoms with van der Waals surface area (Å²) in [5.74, 6) is -1.55. The Morgan fingerprint density at radius 2 is 1.97 bits per heavy atom. The fourth-order valence-electron chi connectivity index (χ4n) is 4.99. The second kappa shape index (κ2) is 6.87. The number of alkyl halides is 1. The SMILES string of the molecule is O=C(O)c1ccc2c([C@H]3CCCC[C@@H]3F)c3n(c2c1)CCNc1cc(F)ccc1-3. The summed E-state index contributed by atoms with van der Waals surface area (Å²) in [5.41, 5.74) is 4.35. The van der Waals surface area contributed by atoms with Gasteiger partial charge in [0.2, 0.25) is 0 Å². The molecule has 0 saturated heterocycles. The Morgan fingerprint density at radius 3 is 2.76 bits per heavy atom. The molecule has 5 rings (SSSR count). The van der Waals surface area contributed by atoms with Gasteiger partial charge in [-0.25, -0.2) is 13.6 Å². The van der Waals surface area contributed by atoms with Gasteiger partial charge in [0, 0.05) is 41.2 Å². The van der Waals surface area contributed by atoms with Crippen LogP contribution in [-0.4, -0.2) is 28.4 Å². The van der Waals surface area contributed by atoms with Crippen LogP contribution in [0.15, 0.2) is 36.4 Å². The van der Waals surface area contributed by atoms with E-state index in [2.05, 4.69) is 9.88 Å². The van der Waals surface area contributed by atoms with E-state index in [9.17, 15) is 14.3 Å². The lowest BCUT2D eigenvalue weighted by Crippen LogP contribution is -2.19. The van der Waals surface area contributed by atoms with Crippen LogP contribution in [0.1, 0.15) is 47.5 Å². The summed E-state index contributed by atoms with van der Waals surface area (Å²) >= 11 is 0. The first-order chi connectivity index (χ1) is 14.0. The van der Waals surface area contributed by atoms with Gasteiger partial charge in [0.1, 0.15) is 12.0 Å². The first-order valence-corrected chi connectivity index (χ1v) is 10.1. The average Bonchev–Trinajstić information content (AvgIpc) is 2.90. The summed E-state index contributed by atoms with van der Waals surface area (Å²) in [6.45, 7) is 1.17.